The molecule has 0 fully saturated rings. The number of hydrogen-bond donors (Lipinski definition) is 1. The maximum absolute atomic E-state index is 13.4. The van der Waals surface area contributed by atoms with Crippen LogP contribution in [0.1, 0.15) is 31.9 Å². The summed E-state index contributed by atoms with van der Waals surface area (Å²) in [5, 5.41) is 3.73. The van der Waals surface area contributed by atoms with Gasteiger partial charge in [-0.15, -0.1) is 0 Å². The van der Waals surface area contributed by atoms with Crippen molar-refractivity contribution >= 4 is 28.1 Å². The lowest BCUT2D eigenvalue weighted by Crippen LogP contribution is -2.24. The molecular weight excluding hydrogens is 387 g/mol. The largest absolute Gasteiger partial charge is 0.483 e. The molecule has 0 unspecified atom stereocenters. The van der Waals surface area contributed by atoms with Crippen LogP contribution in [0.25, 0.3) is 0 Å². The smallest absolute Gasteiger partial charge is 0.277 e. The van der Waals surface area contributed by atoms with Crippen LogP contribution in [0, 0.1) is 5.82 Å². The van der Waals surface area contributed by atoms with E-state index in [4.69, 9.17) is 4.74 Å². The second kappa shape index (κ2) is 8.25. The maximum Gasteiger partial charge on any atom is 0.277 e. The monoisotopic (exact) mass is 406 g/mol. The highest BCUT2D eigenvalue weighted by Crippen LogP contribution is 2.31. The van der Waals surface area contributed by atoms with Crippen LogP contribution >= 0.6 is 15.9 Å². The summed E-state index contributed by atoms with van der Waals surface area (Å²) < 4.78 is 19.7. The zero-order valence-electron chi connectivity index (χ0n) is 14.3. The highest BCUT2D eigenvalue weighted by Gasteiger charge is 2.15. The fourth-order valence-corrected chi connectivity index (χ4v) is 2.51. The van der Waals surface area contributed by atoms with Gasteiger partial charge in [0.1, 0.15) is 11.6 Å². The third-order valence-corrected chi connectivity index (χ3v) is 4.07. The van der Waals surface area contributed by atoms with Gasteiger partial charge in [0, 0.05) is 5.56 Å². The molecule has 0 bridgehead atoms. The lowest BCUT2D eigenvalue weighted by atomic mass is 9.87. The first-order chi connectivity index (χ1) is 11.8. The number of amides is 1. The van der Waals surface area contributed by atoms with Gasteiger partial charge in [-0.3, -0.25) is 4.79 Å². The average molecular weight is 407 g/mol. The van der Waals surface area contributed by atoms with Crippen molar-refractivity contribution in [1.82, 2.24) is 5.43 Å². The van der Waals surface area contributed by atoms with E-state index in [-0.39, 0.29) is 12.0 Å². The first-order valence-corrected chi connectivity index (χ1v) is 8.56. The van der Waals surface area contributed by atoms with Crippen LogP contribution in [0.5, 0.6) is 5.75 Å². The number of nitrogens with one attached hydrogen (secondary N) is 1. The molecule has 0 aliphatic carbocycles. The lowest BCUT2D eigenvalue weighted by molar-refractivity contribution is -0.123. The van der Waals surface area contributed by atoms with Gasteiger partial charge >= 0.3 is 0 Å². The Bertz CT molecular complexity index is 785. The molecule has 0 aliphatic rings. The van der Waals surface area contributed by atoms with E-state index in [9.17, 15) is 9.18 Å². The molecule has 0 aliphatic heterocycles. The fraction of sp³-hybridized carbons (Fsp3) is 0.263. The molecule has 0 saturated carbocycles. The number of halogens is 2. The minimum atomic E-state index is -0.431. The highest BCUT2D eigenvalue weighted by atomic mass is 79.9. The second-order valence-corrected chi connectivity index (χ2v) is 7.35. The summed E-state index contributed by atoms with van der Waals surface area (Å²) in [5.41, 5.74) is 3.79. The molecule has 0 heterocycles. The van der Waals surface area contributed by atoms with Gasteiger partial charge in [0.2, 0.25) is 0 Å². The minimum Gasteiger partial charge on any atom is -0.483 e. The predicted octanol–water partition coefficient (Wildman–Crippen LogP) is 4.41. The van der Waals surface area contributed by atoms with Crippen LogP contribution in [0.3, 0.4) is 0 Å². The SMILES string of the molecule is CC(C)(C)c1ccc(OCC(=O)N/N=C/c2ccccc2F)c(Br)c1. The van der Waals surface area contributed by atoms with E-state index in [1.807, 2.05) is 18.2 Å². The summed E-state index contributed by atoms with van der Waals surface area (Å²) >= 11 is 3.45. The number of ether oxygens (including phenoxy) is 1. The molecule has 0 atom stereocenters. The van der Waals surface area contributed by atoms with Crippen molar-refractivity contribution in [2.75, 3.05) is 6.61 Å². The zero-order valence-corrected chi connectivity index (χ0v) is 15.9. The Hall–Kier alpha value is -2.21. The first-order valence-electron chi connectivity index (χ1n) is 7.76. The molecule has 0 spiro atoms. The number of rotatable bonds is 5. The Morgan fingerprint density at radius 3 is 2.64 bits per heavy atom. The highest BCUT2D eigenvalue weighted by molar-refractivity contribution is 9.10. The molecule has 2 aromatic carbocycles. The van der Waals surface area contributed by atoms with Gasteiger partial charge in [-0.2, -0.15) is 5.10 Å². The molecule has 25 heavy (non-hydrogen) atoms. The molecule has 2 rings (SSSR count). The standard InChI is InChI=1S/C19H20BrFN2O2/c1-19(2,3)14-8-9-17(15(20)10-14)25-12-18(24)23-22-11-13-6-4-5-7-16(13)21/h4-11H,12H2,1-3H3,(H,23,24)/b22-11+. The zero-order chi connectivity index (χ0) is 18.4. The van der Waals surface area contributed by atoms with E-state index in [0.29, 0.717) is 11.3 Å². The van der Waals surface area contributed by atoms with Gasteiger partial charge in [0.15, 0.2) is 6.61 Å². The fourth-order valence-electron chi connectivity index (χ4n) is 2.01. The van der Waals surface area contributed by atoms with Gasteiger partial charge in [-0.1, -0.05) is 45.0 Å². The van der Waals surface area contributed by atoms with Crippen molar-refractivity contribution in [2.45, 2.75) is 26.2 Å². The van der Waals surface area contributed by atoms with Crippen molar-refractivity contribution < 1.29 is 13.9 Å². The van der Waals surface area contributed by atoms with E-state index in [0.717, 1.165) is 10.0 Å². The van der Waals surface area contributed by atoms with Crippen molar-refractivity contribution in [1.29, 1.82) is 0 Å². The normalized spacial score (nSPS) is 11.6. The summed E-state index contributed by atoms with van der Waals surface area (Å²) in [6.45, 7) is 6.17. The second-order valence-electron chi connectivity index (χ2n) is 6.50. The van der Waals surface area contributed by atoms with Gasteiger partial charge in [0.05, 0.1) is 10.7 Å². The van der Waals surface area contributed by atoms with Gasteiger partial charge in [-0.25, -0.2) is 9.82 Å². The third kappa shape index (κ3) is 5.67. The Morgan fingerprint density at radius 1 is 1.28 bits per heavy atom. The van der Waals surface area contributed by atoms with Crippen molar-refractivity contribution in [3.8, 4) is 5.75 Å². The van der Waals surface area contributed by atoms with E-state index in [2.05, 4.69) is 47.2 Å². The average Bonchev–Trinajstić information content (AvgIpc) is 2.54. The third-order valence-electron chi connectivity index (χ3n) is 3.45. The quantitative estimate of drug-likeness (QED) is 0.590. The molecule has 1 N–H and O–H groups in total. The van der Waals surface area contributed by atoms with Crippen LogP contribution in [-0.4, -0.2) is 18.7 Å². The molecule has 0 aromatic heterocycles. The molecule has 0 radical (unpaired) electrons. The number of carbonyl (C=O) groups excluding carboxylic acids is 1. The number of hydrazone groups is 1. The number of hydrogen-bond acceptors (Lipinski definition) is 3. The molecule has 132 valence electrons. The topological polar surface area (TPSA) is 50.7 Å². The first kappa shape index (κ1) is 19.1. The molecule has 4 nitrogen and oxygen atoms in total. The van der Waals surface area contributed by atoms with Crippen molar-refractivity contribution in [2.24, 2.45) is 5.10 Å². The Kier molecular flexibility index (Phi) is 6.31. The summed E-state index contributed by atoms with van der Waals surface area (Å²) in [4.78, 5) is 11.8. The Morgan fingerprint density at radius 2 is 2.00 bits per heavy atom. The molecule has 6 heteroatoms. The van der Waals surface area contributed by atoms with Gasteiger partial charge < -0.3 is 4.74 Å². The van der Waals surface area contributed by atoms with Crippen LogP contribution in [-0.2, 0) is 10.2 Å². The van der Waals surface area contributed by atoms with Crippen LogP contribution in [0.15, 0.2) is 52.0 Å². The van der Waals surface area contributed by atoms with Gasteiger partial charge in [-0.05, 0) is 45.1 Å². The lowest BCUT2D eigenvalue weighted by Gasteiger charge is -2.20. The maximum atomic E-state index is 13.4. The molecular formula is C19H20BrFN2O2. The van der Waals surface area contributed by atoms with E-state index >= 15 is 0 Å². The predicted molar refractivity (Wildman–Crippen MR) is 100 cm³/mol. The molecule has 1 amide bonds. The van der Waals surface area contributed by atoms with Crippen LogP contribution in [0.4, 0.5) is 4.39 Å². The molecule has 0 saturated heterocycles. The summed E-state index contributed by atoms with van der Waals surface area (Å²) in [5.74, 6) is -0.264. The van der Waals surface area contributed by atoms with Gasteiger partial charge in [0.25, 0.3) is 5.91 Å². The van der Waals surface area contributed by atoms with Crippen LogP contribution in [0.2, 0.25) is 0 Å². The van der Waals surface area contributed by atoms with E-state index in [1.165, 1.54) is 12.3 Å². The summed E-state index contributed by atoms with van der Waals surface area (Å²) in [6.07, 6.45) is 1.25. The van der Waals surface area contributed by atoms with Crippen molar-refractivity contribution in [3.63, 3.8) is 0 Å². The number of benzene rings is 2. The summed E-state index contributed by atoms with van der Waals surface area (Å²) in [6, 6.07) is 11.9. The summed E-state index contributed by atoms with van der Waals surface area (Å²) in [7, 11) is 0. The van der Waals surface area contributed by atoms with E-state index in [1.54, 1.807) is 18.2 Å². The van der Waals surface area contributed by atoms with Crippen LogP contribution < -0.4 is 10.2 Å². The van der Waals surface area contributed by atoms with E-state index < -0.39 is 11.7 Å². The number of carbonyl (C=O) groups is 1. The van der Waals surface area contributed by atoms with Crippen molar-refractivity contribution in [3.05, 3.63) is 63.9 Å². The minimum absolute atomic E-state index is 0.0276. The Balaban J connectivity index is 1.89. The molecule has 2 aromatic rings. The Labute approximate surface area is 155 Å². The number of nitrogens with zero attached hydrogens (tertiary/aromatic N) is 1.